The summed E-state index contributed by atoms with van der Waals surface area (Å²) in [4.78, 5) is 44.5. The van der Waals surface area contributed by atoms with Crippen LogP contribution in [0, 0.1) is 11.8 Å². The lowest BCUT2D eigenvalue weighted by molar-refractivity contribution is -0.132. The number of likely N-dealkylation sites (tertiary alicyclic amines) is 1. The summed E-state index contributed by atoms with van der Waals surface area (Å²) in [6.45, 7) is 4.44. The molecule has 1 N–H and O–H groups in total. The number of nitrogens with zero attached hydrogens (tertiary/aromatic N) is 3. The Labute approximate surface area is 190 Å². The van der Waals surface area contributed by atoms with Crippen LogP contribution < -0.4 is 10.2 Å². The molecule has 2 saturated heterocycles. The van der Waals surface area contributed by atoms with Crippen molar-refractivity contribution < 1.29 is 14.4 Å². The summed E-state index contributed by atoms with van der Waals surface area (Å²) in [7, 11) is 0. The minimum Gasteiger partial charge on any atom is -0.367 e. The molecule has 2 saturated carbocycles. The van der Waals surface area contributed by atoms with Crippen molar-refractivity contribution in [2.24, 2.45) is 11.8 Å². The van der Waals surface area contributed by atoms with E-state index < -0.39 is 0 Å². The Morgan fingerprint density at radius 2 is 1.47 bits per heavy atom. The van der Waals surface area contributed by atoms with E-state index >= 15 is 0 Å². The molecule has 1 aromatic rings. The topological polar surface area (TPSA) is 73.0 Å². The van der Waals surface area contributed by atoms with Gasteiger partial charge < -0.3 is 20.0 Å². The van der Waals surface area contributed by atoms with Crippen molar-refractivity contribution >= 4 is 29.1 Å². The van der Waals surface area contributed by atoms with Crippen LogP contribution >= 0.6 is 0 Å². The van der Waals surface area contributed by atoms with Crippen LogP contribution in [0.2, 0.25) is 0 Å². The first kappa shape index (κ1) is 21.3. The van der Waals surface area contributed by atoms with E-state index in [2.05, 4.69) is 10.2 Å². The van der Waals surface area contributed by atoms with Crippen molar-refractivity contribution in [2.45, 2.75) is 51.4 Å². The van der Waals surface area contributed by atoms with Crippen molar-refractivity contribution in [3.63, 3.8) is 0 Å². The smallest absolute Gasteiger partial charge is 0.256 e. The molecule has 7 nitrogen and oxygen atoms in total. The molecular formula is C25H34N4O3. The van der Waals surface area contributed by atoms with E-state index in [0.29, 0.717) is 30.2 Å². The van der Waals surface area contributed by atoms with Gasteiger partial charge in [-0.3, -0.25) is 14.4 Å². The molecular weight excluding hydrogens is 404 g/mol. The molecule has 0 aromatic heterocycles. The molecule has 4 aliphatic rings. The minimum atomic E-state index is 0.0518. The van der Waals surface area contributed by atoms with Crippen molar-refractivity contribution in [3.8, 4) is 0 Å². The Morgan fingerprint density at radius 1 is 0.750 bits per heavy atom. The molecule has 0 spiro atoms. The Morgan fingerprint density at radius 3 is 2.09 bits per heavy atom. The van der Waals surface area contributed by atoms with Gasteiger partial charge in [0, 0.05) is 62.5 Å². The van der Waals surface area contributed by atoms with E-state index in [4.69, 9.17) is 0 Å². The summed E-state index contributed by atoms with van der Waals surface area (Å²) >= 11 is 0. The third-order valence-corrected chi connectivity index (χ3v) is 7.47. The van der Waals surface area contributed by atoms with Crippen molar-refractivity contribution in [1.29, 1.82) is 0 Å². The molecule has 2 aliphatic carbocycles. The summed E-state index contributed by atoms with van der Waals surface area (Å²) in [6, 6.07) is 5.76. The standard InChI is InChI=1S/C25H34N4O3/c30-23(18-5-4-6-18)26-20-9-10-22(21(17-20)25(32)28-11-2-1-3-12-28)27-13-15-29(16-14-27)24(31)19-7-8-19/h9-10,17-19H,1-8,11-16H2,(H,26,30). The van der Waals surface area contributed by atoms with Gasteiger partial charge in [-0.2, -0.15) is 0 Å². The SMILES string of the molecule is O=C(Nc1ccc(N2CCN(C(=O)C3CC3)CC2)c(C(=O)N2CCCCC2)c1)C1CCC1. The maximum Gasteiger partial charge on any atom is 0.256 e. The second-order valence-electron chi connectivity index (χ2n) is 9.79. The molecule has 32 heavy (non-hydrogen) atoms. The molecule has 2 aliphatic heterocycles. The van der Waals surface area contributed by atoms with Gasteiger partial charge >= 0.3 is 0 Å². The predicted octanol–water partition coefficient (Wildman–Crippen LogP) is 3.11. The number of rotatable bonds is 5. The van der Waals surface area contributed by atoms with Gasteiger partial charge in [0.25, 0.3) is 5.91 Å². The fourth-order valence-electron chi connectivity index (χ4n) is 5.00. The number of nitrogens with one attached hydrogen (secondary N) is 1. The molecule has 172 valence electrons. The maximum absolute atomic E-state index is 13.5. The Bertz CT molecular complexity index is 879. The summed E-state index contributed by atoms with van der Waals surface area (Å²) in [5, 5.41) is 3.03. The predicted molar refractivity (Wildman–Crippen MR) is 124 cm³/mol. The van der Waals surface area contributed by atoms with Crippen LogP contribution in [0.25, 0.3) is 0 Å². The van der Waals surface area contributed by atoms with Gasteiger partial charge in [0.2, 0.25) is 11.8 Å². The van der Waals surface area contributed by atoms with Gasteiger partial charge in [0.15, 0.2) is 0 Å². The number of carbonyl (C=O) groups is 3. The van der Waals surface area contributed by atoms with Crippen LogP contribution in [0.1, 0.15) is 61.7 Å². The highest BCUT2D eigenvalue weighted by atomic mass is 16.2. The monoisotopic (exact) mass is 438 g/mol. The zero-order valence-electron chi connectivity index (χ0n) is 18.9. The number of hydrogen-bond acceptors (Lipinski definition) is 4. The molecule has 0 atom stereocenters. The maximum atomic E-state index is 13.5. The molecule has 5 rings (SSSR count). The lowest BCUT2D eigenvalue weighted by atomic mass is 9.85. The summed E-state index contributed by atoms with van der Waals surface area (Å²) < 4.78 is 0. The molecule has 0 bridgehead atoms. The summed E-state index contributed by atoms with van der Waals surface area (Å²) in [5.74, 6) is 0.760. The number of carbonyl (C=O) groups excluding carboxylic acids is 3. The van der Waals surface area contributed by atoms with Crippen molar-refractivity contribution in [1.82, 2.24) is 9.80 Å². The molecule has 7 heteroatoms. The van der Waals surface area contributed by atoms with Gasteiger partial charge in [0.05, 0.1) is 5.56 Å². The van der Waals surface area contributed by atoms with Crippen LogP contribution in [0.15, 0.2) is 18.2 Å². The number of piperidine rings is 1. The van der Waals surface area contributed by atoms with Crippen LogP contribution in [-0.2, 0) is 9.59 Å². The summed E-state index contributed by atoms with van der Waals surface area (Å²) in [6.07, 6.45) is 8.34. The fourth-order valence-corrected chi connectivity index (χ4v) is 5.00. The highest BCUT2D eigenvalue weighted by Crippen LogP contribution is 2.33. The average Bonchev–Trinajstić information content (AvgIpc) is 3.63. The molecule has 3 amide bonds. The van der Waals surface area contributed by atoms with E-state index in [1.807, 2.05) is 28.0 Å². The Kier molecular flexibility index (Phi) is 6.07. The largest absolute Gasteiger partial charge is 0.367 e. The fraction of sp³-hybridized carbons (Fsp3) is 0.640. The van der Waals surface area contributed by atoms with Gasteiger partial charge in [-0.25, -0.2) is 0 Å². The van der Waals surface area contributed by atoms with E-state index in [9.17, 15) is 14.4 Å². The average molecular weight is 439 g/mol. The number of anilines is 2. The lowest BCUT2D eigenvalue weighted by Crippen LogP contribution is -2.49. The number of hydrogen-bond donors (Lipinski definition) is 1. The third kappa shape index (κ3) is 4.48. The molecule has 0 radical (unpaired) electrons. The third-order valence-electron chi connectivity index (χ3n) is 7.47. The van der Waals surface area contributed by atoms with Crippen LogP contribution in [0.4, 0.5) is 11.4 Å². The lowest BCUT2D eigenvalue weighted by Gasteiger charge is -2.37. The van der Waals surface area contributed by atoms with Gasteiger partial charge in [-0.1, -0.05) is 6.42 Å². The van der Waals surface area contributed by atoms with Crippen molar-refractivity contribution in [3.05, 3.63) is 23.8 Å². The number of piperazine rings is 1. The first-order valence-electron chi connectivity index (χ1n) is 12.4. The second kappa shape index (κ2) is 9.12. The normalized spacial score (nSPS) is 21.8. The summed E-state index contributed by atoms with van der Waals surface area (Å²) in [5.41, 5.74) is 2.29. The van der Waals surface area contributed by atoms with Crippen LogP contribution in [0.5, 0.6) is 0 Å². The molecule has 1 aromatic carbocycles. The molecule has 0 unspecified atom stereocenters. The first-order chi connectivity index (χ1) is 15.6. The molecule has 4 fully saturated rings. The quantitative estimate of drug-likeness (QED) is 0.767. The second-order valence-corrected chi connectivity index (χ2v) is 9.79. The highest BCUT2D eigenvalue weighted by Gasteiger charge is 2.35. The van der Waals surface area contributed by atoms with Gasteiger partial charge in [0.1, 0.15) is 0 Å². The molecule has 2 heterocycles. The number of benzene rings is 1. The van der Waals surface area contributed by atoms with E-state index in [0.717, 1.165) is 76.8 Å². The van der Waals surface area contributed by atoms with Crippen LogP contribution in [0.3, 0.4) is 0 Å². The van der Waals surface area contributed by atoms with E-state index in [1.54, 1.807) is 0 Å². The Balaban J connectivity index is 1.34. The zero-order valence-corrected chi connectivity index (χ0v) is 18.9. The Hall–Kier alpha value is -2.57. The van der Waals surface area contributed by atoms with Crippen LogP contribution in [-0.4, -0.2) is 66.8 Å². The number of amides is 3. The van der Waals surface area contributed by atoms with E-state index in [-0.39, 0.29) is 23.7 Å². The van der Waals surface area contributed by atoms with Crippen molar-refractivity contribution in [2.75, 3.05) is 49.5 Å². The first-order valence-corrected chi connectivity index (χ1v) is 12.4. The minimum absolute atomic E-state index is 0.0518. The highest BCUT2D eigenvalue weighted by molar-refractivity contribution is 6.02. The van der Waals surface area contributed by atoms with E-state index in [1.165, 1.54) is 6.42 Å². The zero-order chi connectivity index (χ0) is 22.1. The van der Waals surface area contributed by atoms with Gasteiger partial charge in [-0.15, -0.1) is 0 Å². The van der Waals surface area contributed by atoms with Gasteiger partial charge in [-0.05, 0) is 63.1 Å².